The number of rotatable bonds is 6. The van der Waals surface area contributed by atoms with Crippen molar-refractivity contribution in [1.29, 1.82) is 0 Å². The van der Waals surface area contributed by atoms with Crippen LogP contribution in [0.1, 0.15) is 40.7 Å². The van der Waals surface area contributed by atoms with Crippen LogP contribution in [0, 0.1) is 5.92 Å². The van der Waals surface area contributed by atoms with E-state index in [0.717, 1.165) is 37.9 Å². The van der Waals surface area contributed by atoms with E-state index in [2.05, 4.69) is 29.2 Å². The van der Waals surface area contributed by atoms with Crippen molar-refractivity contribution in [2.75, 3.05) is 13.1 Å². The molecule has 0 unspecified atom stereocenters. The third-order valence-electron chi connectivity index (χ3n) is 5.02. The predicted octanol–water partition coefficient (Wildman–Crippen LogP) is 2.59. The van der Waals surface area contributed by atoms with E-state index in [4.69, 9.17) is 5.73 Å². The SMILES string of the molecule is NC(=O)CCc1ccc(CC2CCN(C(=O)c3cccnc3)CC2)cc1. The highest BCUT2D eigenvalue weighted by molar-refractivity contribution is 5.93. The molecular weight excluding hydrogens is 326 g/mol. The Hall–Kier alpha value is -2.69. The van der Waals surface area contributed by atoms with E-state index >= 15 is 0 Å². The average molecular weight is 351 g/mol. The zero-order valence-electron chi connectivity index (χ0n) is 14.9. The number of primary amides is 1. The van der Waals surface area contributed by atoms with Gasteiger partial charge in [0.1, 0.15) is 0 Å². The second-order valence-electron chi connectivity index (χ2n) is 6.96. The predicted molar refractivity (Wildman–Crippen MR) is 101 cm³/mol. The lowest BCUT2D eigenvalue weighted by atomic mass is 9.89. The van der Waals surface area contributed by atoms with Gasteiger partial charge in [-0.15, -0.1) is 0 Å². The topological polar surface area (TPSA) is 76.3 Å². The molecule has 1 aliphatic rings. The summed E-state index contributed by atoms with van der Waals surface area (Å²) in [5.41, 5.74) is 8.31. The van der Waals surface area contributed by atoms with Crippen LogP contribution < -0.4 is 5.73 Å². The number of aryl methyl sites for hydroxylation is 1. The number of amides is 2. The zero-order chi connectivity index (χ0) is 18.4. The van der Waals surface area contributed by atoms with Gasteiger partial charge in [0.25, 0.3) is 5.91 Å². The maximum atomic E-state index is 12.5. The van der Waals surface area contributed by atoms with E-state index in [1.54, 1.807) is 18.5 Å². The van der Waals surface area contributed by atoms with Crippen molar-refractivity contribution in [1.82, 2.24) is 9.88 Å². The molecule has 3 rings (SSSR count). The molecule has 2 N–H and O–H groups in total. The Morgan fingerprint density at radius 2 is 1.77 bits per heavy atom. The number of nitrogens with two attached hydrogens (primary N) is 1. The molecular formula is C21H25N3O2. The van der Waals surface area contributed by atoms with Gasteiger partial charge in [-0.2, -0.15) is 0 Å². The first-order valence-electron chi connectivity index (χ1n) is 9.17. The largest absolute Gasteiger partial charge is 0.370 e. The molecule has 0 radical (unpaired) electrons. The lowest BCUT2D eigenvalue weighted by Gasteiger charge is -2.32. The van der Waals surface area contributed by atoms with E-state index in [-0.39, 0.29) is 11.8 Å². The number of likely N-dealkylation sites (tertiary alicyclic amines) is 1. The summed E-state index contributed by atoms with van der Waals surface area (Å²) in [6.45, 7) is 1.60. The molecule has 5 nitrogen and oxygen atoms in total. The van der Waals surface area contributed by atoms with Crippen LogP contribution in [-0.2, 0) is 17.6 Å². The van der Waals surface area contributed by atoms with E-state index in [1.165, 1.54) is 5.56 Å². The van der Waals surface area contributed by atoms with Crippen molar-refractivity contribution in [3.05, 3.63) is 65.5 Å². The maximum absolute atomic E-state index is 12.5. The van der Waals surface area contributed by atoms with Gasteiger partial charge in [0.2, 0.25) is 5.91 Å². The van der Waals surface area contributed by atoms with Crippen molar-refractivity contribution in [2.24, 2.45) is 11.7 Å². The molecule has 1 fully saturated rings. The Morgan fingerprint density at radius 1 is 1.08 bits per heavy atom. The number of piperidine rings is 1. The van der Waals surface area contributed by atoms with Gasteiger partial charge in [0.15, 0.2) is 0 Å². The van der Waals surface area contributed by atoms with E-state index in [9.17, 15) is 9.59 Å². The summed E-state index contributed by atoms with van der Waals surface area (Å²) < 4.78 is 0. The number of benzene rings is 1. The van der Waals surface area contributed by atoms with Gasteiger partial charge >= 0.3 is 0 Å². The highest BCUT2D eigenvalue weighted by atomic mass is 16.2. The third kappa shape index (κ3) is 4.91. The van der Waals surface area contributed by atoms with Crippen LogP contribution in [0.5, 0.6) is 0 Å². The fraction of sp³-hybridized carbons (Fsp3) is 0.381. The standard InChI is InChI=1S/C21H25N3O2/c22-20(25)8-7-16-3-5-17(6-4-16)14-18-9-12-24(13-10-18)21(26)19-2-1-11-23-15-19/h1-6,11,15,18H,7-10,12-14H2,(H2,22,25). The second kappa shape index (κ2) is 8.61. The lowest BCUT2D eigenvalue weighted by molar-refractivity contribution is -0.117. The number of carbonyl (C=O) groups excluding carboxylic acids is 2. The summed E-state index contributed by atoms with van der Waals surface area (Å²) in [4.78, 5) is 29.3. The highest BCUT2D eigenvalue weighted by Crippen LogP contribution is 2.23. The number of hydrogen-bond acceptors (Lipinski definition) is 3. The van der Waals surface area contributed by atoms with Gasteiger partial charge in [-0.25, -0.2) is 0 Å². The Bertz CT molecular complexity index is 736. The number of nitrogens with zero attached hydrogens (tertiary/aromatic N) is 2. The van der Waals surface area contributed by atoms with Crippen LogP contribution in [0.25, 0.3) is 0 Å². The maximum Gasteiger partial charge on any atom is 0.255 e. The Kier molecular flexibility index (Phi) is 6.00. The fourth-order valence-corrected chi connectivity index (χ4v) is 3.45. The molecule has 0 aliphatic carbocycles. The molecule has 1 aliphatic heterocycles. The van der Waals surface area contributed by atoms with Crippen molar-refractivity contribution in [3.63, 3.8) is 0 Å². The average Bonchev–Trinajstić information content (AvgIpc) is 2.68. The van der Waals surface area contributed by atoms with Crippen LogP contribution in [0.4, 0.5) is 0 Å². The van der Waals surface area contributed by atoms with Crippen molar-refractivity contribution < 1.29 is 9.59 Å². The van der Waals surface area contributed by atoms with E-state index in [1.807, 2.05) is 11.0 Å². The number of carbonyl (C=O) groups is 2. The monoisotopic (exact) mass is 351 g/mol. The van der Waals surface area contributed by atoms with Gasteiger partial charge in [0.05, 0.1) is 5.56 Å². The summed E-state index contributed by atoms with van der Waals surface area (Å²) in [6.07, 6.45) is 7.49. The highest BCUT2D eigenvalue weighted by Gasteiger charge is 2.23. The molecule has 26 heavy (non-hydrogen) atoms. The second-order valence-corrected chi connectivity index (χ2v) is 6.96. The minimum Gasteiger partial charge on any atom is -0.370 e. The third-order valence-corrected chi connectivity index (χ3v) is 5.02. The Labute approximate surface area is 154 Å². The zero-order valence-corrected chi connectivity index (χ0v) is 14.9. The molecule has 5 heteroatoms. The van der Waals surface area contributed by atoms with Crippen LogP contribution >= 0.6 is 0 Å². The van der Waals surface area contributed by atoms with Crippen LogP contribution in [0.15, 0.2) is 48.8 Å². The smallest absolute Gasteiger partial charge is 0.255 e. The lowest BCUT2D eigenvalue weighted by Crippen LogP contribution is -2.38. The molecule has 1 aromatic carbocycles. The summed E-state index contributed by atoms with van der Waals surface area (Å²) in [6, 6.07) is 12.1. The summed E-state index contributed by atoms with van der Waals surface area (Å²) in [5, 5.41) is 0. The molecule has 0 spiro atoms. The van der Waals surface area contributed by atoms with Crippen molar-refractivity contribution in [2.45, 2.75) is 32.1 Å². The number of aromatic nitrogens is 1. The van der Waals surface area contributed by atoms with Gasteiger partial charge < -0.3 is 10.6 Å². The van der Waals surface area contributed by atoms with E-state index < -0.39 is 0 Å². The van der Waals surface area contributed by atoms with Gasteiger partial charge in [-0.3, -0.25) is 14.6 Å². The Balaban J connectivity index is 1.48. The molecule has 1 aromatic heterocycles. The summed E-state index contributed by atoms with van der Waals surface area (Å²) >= 11 is 0. The molecule has 2 aromatic rings. The van der Waals surface area contributed by atoms with Crippen LogP contribution in [-0.4, -0.2) is 34.8 Å². The molecule has 0 bridgehead atoms. The number of hydrogen-bond donors (Lipinski definition) is 1. The minimum absolute atomic E-state index is 0.0790. The normalized spacial score (nSPS) is 15.0. The molecule has 0 atom stereocenters. The van der Waals surface area contributed by atoms with Crippen LogP contribution in [0.2, 0.25) is 0 Å². The van der Waals surface area contributed by atoms with Crippen molar-refractivity contribution in [3.8, 4) is 0 Å². The molecule has 0 saturated carbocycles. The molecule has 2 amide bonds. The quantitative estimate of drug-likeness (QED) is 0.869. The van der Waals surface area contributed by atoms with E-state index in [0.29, 0.717) is 24.3 Å². The molecule has 2 heterocycles. The number of pyridine rings is 1. The van der Waals surface area contributed by atoms with Gasteiger partial charge in [0, 0.05) is 31.9 Å². The molecule has 1 saturated heterocycles. The fourth-order valence-electron chi connectivity index (χ4n) is 3.45. The molecule has 136 valence electrons. The van der Waals surface area contributed by atoms with Crippen LogP contribution in [0.3, 0.4) is 0 Å². The first kappa shape index (κ1) is 18.1. The first-order valence-corrected chi connectivity index (χ1v) is 9.17. The summed E-state index contributed by atoms with van der Waals surface area (Å²) in [7, 11) is 0. The van der Waals surface area contributed by atoms with Gasteiger partial charge in [-0.1, -0.05) is 24.3 Å². The Morgan fingerprint density at radius 3 is 2.38 bits per heavy atom. The van der Waals surface area contributed by atoms with Gasteiger partial charge in [-0.05, 0) is 54.9 Å². The van der Waals surface area contributed by atoms with Crippen molar-refractivity contribution >= 4 is 11.8 Å². The first-order chi connectivity index (χ1) is 12.6. The summed E-state index contributed by atoms with van der Waals surface area (Å²) in [5.74, 6) is 0.418. The minimum atomic E-state index is -0.262.